The molecular formula is C27H29N3O2. The van der Waals surface area contributed by atoms with Crippen molar-refractivity contribution >= 4 is 6.09 Å². The molecule has 4 rings (SSSR count). The molecule has 2 heterocycles. The van der Waals surface area contributed by atoms with E-state index >= 15 is 0 Å². The van der Waals surface area contributed by atoms with Crippen LogP contribution in [0.5, 0.6) is 0 Å². The zero-order chi connectivity index (χ0) is 22.7. The van der Waals surface area contributed by atoms with Crippen molar-refractivity contribution in [2.45, 2.75) is 52.2 Å². The summed E-state index contributed by atoms with van der Waals surface area (Å²) >= 11 is 0. The molecule has 5 nitrogen and oxygen atoms in total. The number of hydrogen-bond acceptors (Lipinski definition) is 3. The molecule has 0 unspecified atom stereocenters. The summed E-state index contributed by atoms with van der Waals surface area (Å²) in [5, 5.41) is 0. The summed E-state index contributed by atoms with van der Waals surface area (Å²) in [6.07, 6.45) is 3.36. The first-order valence-electron chi connectivity index (χ1n) is 11.0. The molecule has 2 aromatic carbocycles. The first-order chi connectivity index (χ1) is 15.4. The van der Waals surface area contributed by atoms with Crippen molar-refractivity contribution in [3.8, 4) is 34.2 Å². The van der Waals surface area contributed by atoms with Crippen LogP contribution in [-0.2, 0) is 4.74 Å². The van der Waals surface area contributed by atoms with Crippen molar-refractivity contribution in [1.29, 1.82) is 0 Å². The molecule has 1 atom stereocenters. The Bertz CT molecular complexity index is 1160. The quantitative estimate of drug-likeness (QED) is 0.507. The average molecular weight is 428 g/mol. The van der Waals surface area contributed by atoms with Gasteiger partial charge < -0.3 is 9.72 Å². The number of carbonyl (C=O) groups excluding carboxylic acids is 1. The van der Waals surface area contributed by atoms with Crippen LogP contribution in [-0.4, -0.2) is 33.1 Å². The van der Waals surface area contributed by atoms with Gasteiger partial charge in [-0.15, -0.1) is 5.92 Å². The Labute approximate surface area is 189 Å². The van der Waals surface area contributed by atoms with E-state index < -0.39 is 5.60 Å². The number of hydrogen-bond donors (Lipinski definition) is 1. The first-order valence-corrected chi connectivity index (χ1v) is 11.0. The van der Waals surface area contributed by atoms with Gasteiger partial charge in [0.15, 0.2) is 0 Å². The SMILES string of the molecule is CC#Cc1ccc(-c2cnc([C@@H]3CCCN3C(=O)OC(C)(C)C)[nH]2)cc1-c1ccccc1. The first kappa shape index (κ1) is 21.7. The van der Waals surface area contributed by atoms with Crippen molar-refractivity contribution in [3.63, 3.8) is 0 Å². The van der Waals surface area contributed by atoms with Crippen LogP contribution in [0.4, 0.5) is 4.79 Å². The zero-order valence-corrected chi connectivity index (χ0v) is 19.1. The number of H-pyrrole nitrogens is 1. The highest BCUT2D eigenvalue weighted by molar-refractivity contribution is 5.77. The van der Waals surface area contributed by atoms with Gasteiger partial charge in [-0.05, 0) is 63.8 Å². The summed E-state index contributed by atoms with van der Waals surface area (Å²) < 4.78 is 5.60. The molecule has 1 aliphatic heterocycles. The van der Waals surface area contributed by atoms with E-state index in [2.05, 4.69) is 52.1 Å². The number of imidazole rings is 1. The van der Waals surface area contributed by atoms with Gasteiger partial charge in [0.2, 0.25) is 0 Å². The molecule has 164 valence electrons. The number of likely N-dealkylation sites (tertiary alicyclic amines) is 1. The fraction of sp³-hybridized carbons (Fsp3) is 0.333. The number of amides is 1. The van der Waals surface area contributed by atoms with Crippen molar-refractivity contribution in [2.75, 3.05) is 6.54 Å². The van der Waals surface area contributed by atoms with Crippen molar-refractivity contribution in [2.24, 2.45) is 0 Å². The number of benzene rings is 2. The van der Waals surface area contributed by atoms with Gasteiger partial charge in [-0.1, -0.05) is 42.3 Å². The lowest BCUT2D eigenvalue weighted by atomic mass is 9.96. The lowest BCUT2D eigenvalue weighted by Gasteiger charge is -2.27. The Balaban J connectivity index is 1.63. The molecule has 1 saturated heterocycles. The van der Waals surface area contributed by atoms with Crippen LogP contribution in [0.1, 0.15) is 58.0 Å². The third-order valence-corrected chi connectivity index (χ3v) is 5.47. The Morgan fingerprint density at radius 1 is 1.16 bits per heavy atom. The second kappa shape index (κ2) is 8.92. The van der Waals surface area contributed by atoms with E-state index in [0.717, 1.165) is 46.6 Å². The Hall–Kier alpha value is -3.52. The lowest BCUT2D eigenvalue weighted by Crippen LogP contribution is -2.36. The Morgan fingerprint density at radius 3 is 2.66 bits per heavy atom. The molecule has 32 heavy (non-hydrogen) atoms. The number of carbonyl (C=O) groups is 1. The van der Waals surface area contributed by atoms with Gasteiger partial charge in [-0.2, -0.15) is 0 Å². The highest BCUT2D eigenvalue weighted by Gasteiger charge is 2.34. The summed E-state index contributed by atoms with van der Waals surface area (Å²) in [4.78, 5) is 22.5. The van der Waals surface area contributed by atoms with E-state index in [1.165, 1.54) is 0 Å². The minimum atomic E-state index is -0.518. The molecular weight excluding hydrogens is 398 g/mol. The summed E-state index contributed by atoms with van der Waals surface area (Å²) in [5.41, 5.74) is 4.64. The lowest BCUT2D eigenvalue weighted by molar-refractivity contribution is 0.0218. The molecule has 0 aliphatic carbocycles. The van der Waals surface area contributed by atoms with Gasteiger partial charge in [-0.3, -0.25) is 4.90 Å². The molecule has 3 aromatic rings. The van der Waals surface area contributed by atoms with E-state index in [1.807, 2.05) is 52.1 Å². The van der Waals surface area contributed by atoms with Crippen molar-refractivity contribution in [3.05, 3.63) is 66.1 Å². The van der Waals surface area contributed by atoms with Gasteiger partial charge in [-0.25, -0.2) is 9.78 Å². The topological polar surface area (TPSA) is 58.2 Å². The van der Waals surface area contributed by atoms with Crippen LogP contribution >= 0.6 is 0 Å². The maximum atomic E-state index is 12.7. The number of nitrogens with one attached hydrogen (secondary N) is 1. The highest BCUT2D eigenvalue weighted by Crippen LogP contribution is 2.34. The van der Waals surface area contributed by atoms with Crippen LogP contribution in [0.15, 0.2) is 54.7 Å². The normalized spacial score (nSPS) is 15.9. The van der Waals surface area contributed by atoms with Crippen LogP contribution in [0.3, 0.4) is 0 Å². The third-order valence-electron chi connectivity index (χ3n) is 5.47. The van der Waals surface area contributed by atoms with Crippen LogP contribution in [0.2, 0.25) is 0 Å². The van der Waals surface area contributed by atoms with Crippen molar-refractivity contribution < 1.29 is 9.53 Å². The summed E-state index contributed by atoms with van der Waals surface area (Å²) in [5.74, 6) is 7.01. The molecule has 0 radical (unpaired) electrons. The molecule has 0 bridgehead atoms. The number of rotatable bonds is 3. The smallest absolute Gasteiger partial charge is 0.410 e. The number of aromatic amines is 1. The van der Waals surface area contributed by atoms with E-state index in [9.17, 15) is 4.79 Å². The summed E-state index contributed by atoms with van der Waals surface area (Å²) in [7, 11) is 0. The molecule has 1 fully saturated rings. The average Bonchev–Trinajstić information content (AvgIpc) is 3.43. The maximum Gasteiger partial charge on any atom is 0.410 e. The highest BCUT2D eigenvalue weighted by atomic mass is 16.6. The van der Waals surface area contributed by atoms with E-state index in [1.54, 1.807) is 4.90 Å². The van der Waals surface area contributed by atoms with Crippen LogP contribution < -0.4 is 0 Å². The van der Waals surface area contributed by atoms with Gasteiger partial charge in [0.25, 0.3) is 0 Å². The Morgan fingerprint density at radius 2 is 1.94 bits per heavy atom. The maximum absolute atomic E-state index is 12.7. The minimum Gasteiger partial charge on any atom is -0.444 e. The summed E-state index contributed by atoms with van der Waals surface area (Å²) in [6, 6.07) is 16.4. The van der Waals surface area contributed by atoms with Crippen LogP contribution in [0.25, 0.3) is 22.4 Å². The van der Waals surface area contributed by atoms with E-state index in [-0.39, 0.29) is 12.1 Å². The fourth-order valence-corrected chi connectivity index (χ4v) is 4.05. The van der Waals surface area contributed by atoms with Crippen LogP contribution in [0, 0.1) is 11.8 Å². The molecule has 1 N–H and O–H groups in total. The van der Waals surface area contributed by atoms with Gasteiger partial charge >= 0.3 is 6.09 Å². The summed E-state index contributed by atoms with van der Waals surface area (Å²) in [6.45, 7) is 8.19. The van der Waals surface area contributed by atoms with Gasteiger partial charge in [0.1, 0.15) is 11.4 Å². The van der Waals surface area contributed by atoms with Gasteiger partial charge in [0.05, 0.1) is 17.9 Å². The molecule has 0 saturated carbocycles. The van der Waals surface area contributed by atoms with E-state index in [4.69, 9.17) is 4.74 Å². The fourth-order valence-electron chi connectivity index (χ4n) is 4.05. The monoisotopic (exact) mass is 427 g/mol. The largest absolute Gasteiger partial charge is 0.444 e. The molecule has 1 aliphatic rings. The predicted octanol–water partition coefficient (Wildman–Crippen LogP) is 6.19. The third kappa shape index (κ3) is 4.70. The van der Waals surface area contributed by atoms with Crippen molar-refractivity contribution in [1.82, 2.24) is 14.9 Å². The molecule has 1 aromatic heterocycles. The minimum absolute atomic E-state index is 0.0996. The molecule has 5 heteroatoms. The molecule has 1 amide bonds. The molecule has 0 spiro atoms. The number of nitrogens with zero attached hydrogens (tertiary/aromatic N) is 2. The second-order valence-electron chi connectivity index (χ2n) is 9.02. The predicted molar refractivity (Wildman–Crippen MR) is 127 cm³/mol. The number of ether oxygens (including phenoxy) is 1. The van der Waals surface area contributed by atoms with E-state index in [0.29, 0.717) is 6.54 Å². The second-order valence-corrected chi connectivity index (χ2v) is 9.02. The van der Waals surface area contributed by atoms with Gasteiger partial charge in [0, 0.05) is 17.7 Å². The standard InChI is InChI=1S/C27H29N3O2/c1-5-10-19-14-15-21(17-22(19)20-11-7-6-8-12-20)23-18-28-25(29-23)24-13-9-16-30(24)26(31)32-27(2,3)4/h6-8,11-12,14-15,17-18,24H,9,13,16H2,1-4H3,(H,28,29)/t24-/m0/s1. The zero-order valence-electron chi connectivity index (χ0n) is 19.1. The Kier molecular flexibility index (Phi) is 6.05. The number of aromatic nitrogens is 2.